The molecule has 5 heteroatoms. The molecule has 0 amide bonds. The monoisotopic (exact) mass is 465 g/mol. The molecule has 36 heavy (non-hydrogen) atoms. The summed E-state index contributed by atoms with van der Waals surface area (Å²) in [6.45, 7) is 0.226. The van der Waals surface area contributed by atoms with E-state index in [0.717, 1.165) is 49.2 Å². The fraction of sp³-hybridized carbons (Fsp3) is 0.0323. The molecular formula is C31H19N3O2. The van der Waals surface area contributed by atoms with Gasteiger partial charge in [-0.1, -0.05) is 84.9 Å². The molecule has 4 aromatic carbocycles. The smallest absolute Gasteiger partial charge is 0.280 e. The summed E-state index contributed by atoms with van der Waals surface area (Å²) in [6, 6.07) is 34.2. The molecule has 0 unspecified atom stereocenters. The summed E-state index contributed by atoms with van der Waals surface area (Å²) in [5.41, 5.74) is 4.88. The second-order valence-electron chi connectivity index (χ2n) is 9.36. The topological polar surface area (TPSA) is 47.9 Å². The summed E-state index contributed by atoms with van der Waals surface area (Å²) in [5.74, 6) is 0. The maximum absolute atomic E-state index is 14.2. The van der Waals surface area contributed by atoms with Crippen molar-refractivity contribution in [3.8, 4) is 0 Å². The Balaban J connectivity index is 1.74. The van der Waals surface area contributed by atoms with Gasteiger partial charge in [-0.25, -0.2) is 0 Å². The predicted octanol–water partition coefficient (Wildman–Crippen LogP) is 5.81. The third-order valence-corrected chi connectivity index (χ3v) is 7.43. The van der Waals surface area contributed by atoms with Crippen molar-refractivity contribution in [1.29, 1.82) is 0 Å². The van der Waals surface area contributed by atoms with Gasteiger partial charge in [0.15, 0.2) is 0 Å². The molecule has 4 heterocycles. The van der Waals surface area contributed by atoms with E-state index in [4.69, 9.17) is 0 Å². The summed E-state index contributed by atoms with van der Waals surface area (Å²) < 4.78 is 5.39. The lowest BCUT2D eigenvalue weighted by Crippen LogP contribution is -2.26. The van der Waals surface area contributed by atoms with Crippen molar-refractivity contribution in [2.24, 2.45) is 0 Å². The normalized spacial score (nSPS) is 12.2. The zero-order valence-corrected chi connectivity index (χ0v) is 19.2. The average Bonchev–Trinajstić information content (AvgIpc) is 3.50. The molecule has 0 bridgehead atoms. The number of aromatic nitrogens is 3. The first-order valence-electron chi connectivity index (χ1n) is 12.0. The van der Waals surface area contributed by atoms with Crippen molar-refractivity contribution >= 4 is 54.6 Å². The number of rotatable bonds is 2. The van der Waals surface area contributed by atoms with Gasteiger partial charge in [0.05, 0.1) is 28.6 Å². The summed E-state index contributed by atoms with van der Waals surface area (Å²) >= 11 is 0. The van der Waals surface area contributed by atoms with Gasteiger partial charge in [0.25, 0.3) is 11.1 Å². The quantitative estimate of drug-likeness (QED) is 0.323. The fourth-order valence-corrected chi connectivity index (χ4v) is 5.91. The van der Waals surface area contributed by atoms with Gasteiger partial charge in [-0.15, -0.1) is 0 Å². The van der Waals surface area contributed by atoms with Crippen LogP contribution in [0.25, 0.3) is 54.6 Å². The highest BCUT2D eigenvalue weighted by molar-refractivity contribution is 6.19. The van der Waals surface area contributed by atoms with Crippen molar-refractivity contribution in [3.63, 3.8) is 0 Å². The number of hydrogen-bond acceptors (Lipinski definition) is 2. The maximum atomic E-state index is 14.2. The molecule has 5 nitrogen and oxygen atoms in total. The minimum absolute atomic E-state index is 0.226. The third-order valence-electron chi connectivity index (χ3n) is 7.43. The van der Waals surface area contributed by atoms with Gasteiger partial charge in [-0.3, -0.25) is 14.2 Å². The summed E-state index contributed by atoms with van der Waals surface area (Å²) in [7, 11) is 0. The van der Waals surface area contributed by atoms with Crippen LogP contribution in [0.2, 0.25) is 0 Å². The molecule has 170 valence electrons. The maximum Gasteiger partial charge on any atom is 0.280 e. The van der Waals surface area contributed by atoms with E-state index in [2.05, 4.69) is 36.4 Å². The molecule has 0 radical (unpaired) electrons. The third kappa shape index (κ3) is 2.34. The van der Waals surface area contributed by atoms with Gasteiger partial charge in [-0.2, -0.15) is 0 Å². The van der Waals surface area contributed by atoms with E-state index in [1.807, 2.05) is 75.5 Å². The highest BCUT2D eigenvalue weighted by Gasteiger charge is 2.23. The van der Waals surface area contributed by atoms with Crippen LogP contribution < -0.4 is 11.1 Å². The van der Waals surface area contributed by atoms with Gasteiger partial charge in [0.2, 0.25) is 0 Å². The van der Waals surface area contributed by atoms with Gasteiger partial charge in [-0.05, 0) is 23.8 Å². The Hall–Kier alpha value is -4.90. The second-order valence-corrected chi connectivity index (χ2v) is 9.36. The molecule has 0 saturated carbocycles. The first-order valence-corrected chi connectivity index (χ1v) is 12.0. The number of benzene rings is 4. The molecule has 0 aliphatic heterocycles. The zero-order chi connectivity index (χ0) is 24.0. The zero-order valence-electron chi connectivity index (χ0n) is 19.2. The van der Waals surface area contributed by atoms with Crippen molar-refractivity contribution < 1.29 is 0 Å². The highest BCUT2D eigenvalue weighted by atomic mass is 16.2. The Kier molecular flexibility index (Phi) is 3.68. The van der Waals surface area contributed by atoms with Crippen LogP contribution in [0.5, 0.6) is 0 Å². The molecule has 4 aromatic heterocycles. The first kappa shape index (κ1) is 19.4. The average molecular weight is 466 g/mol. The van der Waals surface area contributed by atoms with Gasteiger partial charge in [0, 0.05) is 21.5 Å². The van der Waals surface area contributed by atoms with Crippen LogP contribution in [0.3, 0.4) is 0 Å². The second kappa shape index (κ2) is 6.83. The molecule has 0 N–H and O–H groups in total. The predicted molar refractivity (Wildman–Crippen MR) is 146 cm³/mol. The van der Waals surface area contributed by atoms with E-state index in [-0.39, 0.29) is 17.7 Å². The molecule has 8 aromatic rings. The van der Waals surface area contributed by atoms with Crippen molar-refractivity contribution in [1.82, 2.24) is 13.4 Å². The summed E-state index contributed by atoms with van der Waals surface area (Å²) in [6.07, 6.45) is 0. The van der Waals surface area contributed by atoms with Gasteiger partial charge in [0.1, 0.15) is 11.0 Å². The van der Waals surface area contributed by atoms with Crippen LogP contribution >= 0.6 is 0 Å². The highest BCUT2D eigenvalue weighted by Crippen LogP contribution is 2.36. The minimum atomic E-state index is -0.278. The van der Waals surface area contributed by atoms with Crippen LogP contribution in [-0.2, 0) is 6.54 Å². The van der Waals surface area contributed by atoms with E-state index in [0.29, 0.717) is 11.0 Å². The molecule has 0 aliphatic rings. The van der Waals surface area contributed by atoms with Gasteiger partial charge >= 0.3 is 0 Å². The van der Waals surface area contributed by atoms with Crippen LogP contribution in [0.4, 0.5) is 0 Å². The van der Waals surface area contributed by atoms with E-state index in [1.54, 1.807) is 0 Å². The Labute approximate surface area is 204 Å². The van der Waals surface area contributed by atoms with Crippen molar-refractivity contribution in [2.45, 2.75) is 6.54 Å². The van der Waals surface area contributed by atoms with E-state index < -0.39 is 0 Å². The number of hydrogen-bond donors (Lipinski definition) is 0. The van der Waals surface area contributed by atoms with Crippen LogP contribution in [0.1, 0.15) is 5.56 Å². The van der Waals surface area contributed by atoms with E-state index in [1.165, 1.54) is 4.57 Å². The van der Waals surface area contributed by atoms with Gasteiger partial charge < -0.3 is 8.80 Å². The summed E-state index contributed by atoms with van der Waals surface area (Å²) in [5, 5.41) is 4.16. The van der Waals surface area contributed by atoms with Crippen molar-refractivity contribution in [3.05, 3.63) is 129 Å². The Morgan fingerprint density at radius 2 is 1.14 bits per heavy atom. The Morgan fingerprint density at radius 1 is 0.500 bits per heavy atom. The molecule has 0 atom stereocenters. The fourth-order valence-electron chi connectivity index (χ4n) is 5.91. The van der Waals surface area contributed by atoms with E-state index >= 15 is 0 Å². The Bertz CT molecular complexity index is 2270. The number of fused-ring (bicyclic) bond motifs is 10. The lowest BCUT2D eigenvalue weighted by molar-refractivity contribution is 0.752. The first-order chi connectivity index (χ1) is 17.7. The molecule has 8 rings (SSSR count). The molecule has 0 fully saturated rings. The molecule has 0 aliphatic carbocycles. The molecule has 0 saturated heterocycles. The largest absolute Gasteiger partial charge is 0.302 e. The lowest BCUT2D eigenvalue weighted by Gasteiger charge is -2.01. The number of nitrogens with zero attached hydrogens (tertiary/aromatic N) is 3. The minimum Gasteiger partial charge on any atom is -0.302 e. The van der Waals surface area contributed by atoms with Crippen molar-refractivity contribution in [2.75, 3.05) is 0 Å². The standard InChI is InChI=1S/C31H19N3O2/c35-30-28-29(31(36)32(30)18-19-9-2-1-3-10-19)34-25-16-7-5-12-21(25)22-13-8-14-23(27(22)34)26-17-20-11-4-6-15-24(20)33(26)28/h1-17H,18H2. The molecular weight excluding hydrogens is 446 g/mol. The van der Waals surface area contributed by atoms with E-state index in [9.17, 15) is 9.59 Å². The van der Waals surface area contributed by atoms with Crippen LogP contribution in [-0.4, -0.2) is 13.4 Å². The SMILES string of the molecule is O=c1c2c(c(=O)n1Cc1ccccc1)n1c3ccccc3c3cccc(c4cc5ccccc5n42)c31. The lowest BCUT2D eigenvalue weighted by atomic mass is 10.1. The Morgan fingerprint density at radius 3 is 1.97 bits per heavy atom. The van der Waals surface area contributed by atoms with Crippen LogP contribution in [0, 0.1) is 0 Å². The number of para-hydroxylation sites is 3. The summed E-state index contributed by atoms with van der Waals surface area (Å²) in [4.78, 5) is 28.3. The molecule has 0 spiro atoms. The van der Waals surface area contributed by atoms with Crippen LogP contribution in [0.15, 0.2) is 113 Å².